The summed E-state index contributed by atoms with van der Waals surface area (Å²) in [4.78, 5) is 16.8. The van der Waals surface area contributed by atoms with Crippen molar-refractivity contribution in [2.45, 2.75) is 38.7 Å². The van der Waals surface area contributed by atoms with Gasteiger partial charge in [0, 0.05) is 45.7 Å². The zero-order valence-electron chi connectivity index (χ0n) is 14.9. The molecule has 2 aliphatic heterocycles. The molecule has 0 aromatic heterocycles. The first kappa shape index (κ1) is 21.6. The Morgan fingerprint density at radius 2 is 1.46 bits per heavy atom. The van der Waals surface area contributed by atoms with Crippen LogP contribution in [0.15, 0.2) is 0 Å². The van der Waals surface area contributed by atoms with E-state index in [2.05, 4.69) is 16.7 Å². The quantitative estimate of drug-likeness (QED) is 0.457. The maximum atomic E-state index is 12.1. The summed E-state index contributed by atoms with van der Waals surface area (Å²) in [7, 11) is 0. The van der Waals surface area contributed by atoms with E-state index in [1.165, 1.54) is 0 Å². The number of nitrogens with zero attached hydrogens (tertiary/aromatic N) is 2. The highest BCUT2D eigenvalue weighted by Crippen LogP contribution is 2.09. The van der Waals surface area contributed by atoms with E-state index in [1.807, 2.05) is 0 Å². The molecule has 6 nitrogen and oxygen atoms in total. The van der Waals surface area contributed by atoms with Crippen molar-refractivity contribution in [3.8, 4) is 0 Å². The molecule has 0 N–H and O–H groups in total. The summed E-state index contributed by atoms with van der Waals surface area (Å²) >= 11 is 0. The summed E-state index contributed by atoms with van der Waals surface area (Å²) in [5.41, 5.74) is 0. The van der Waals surface area contributed by atoms with E-state index in [-0.39, 0.29) is 24.5 Å². The number of halogens is 1. The Balaban J connectivity index is 0.00000288. The number of carbonyl (C=O) groups excluding carboxylic acids is 1. The molecule has 0 aromatic carbocycles. The van der Waals surface area contributed by atoms with E-state index < -0.39 is 0 Å². The van der Waals surface area contributed by atoms with E-state index >= 15 is 0 Å². The van der Waals surface area contributed by atoms with Gasteiger partial charge in [-0.15, -0.1) is 12.4 Å². The zero-order chi connectivity index (χ0) is 16.3. The molecule has 0 atom stereocenters. The normalized spacial score (nSPS) is 19.9. The summed E-state index contributed by atoms with van der Waals surface area (Å²) < 4.78 is 16.6. The maximum absolute atomic E-state index is 12.1. The Kier molecular flexibility index (Phi) is 11.6. The van der Waals surface area contributed by atoms with Crippen molar-refractivity contribution in [3.05, 3.63) is 0 Å². The van der Waals surface area contributed by atoms with Gasteiger partial charge < -0.3 is 14.2 Å². The molecule has 0 amide bonds. The van der Waals surface area contributed by atoms with Crippen LogP contribution in [0.1, 0.15) is 32.6 Å². The van der Waals surface area contributed by atoms with Gasteiger partial charge in [0.05, 0.1) is 26.4 Å². The molecule has 0 spiro atoms. The maximum Gasteiger partial charge on any atom is 0.306 e. The fourth-order valence-electron chi connectivity index (χ4n) is 3.04. The number of hydrogen-bond donors (Lipinski definition) is 0. The number of esters is 1. The van der Waals surface area contributed by atoms with Crippen LogP contribution in [-0.4, -0.2) is 87.6 Å². The number of rotatable bonds is 9. The minimum Gasteiger partial charge on any atom is -0.460 e. The molecule has 2 saturated heterocycles. The molecule has 2 aliphatic rings. The smallest absolute Gasteiger partial charge is 0.306 e. The van der Waals surface area contributed by atoms with Gasteiger partial charge in [-0.25, -0.2) is 0 Å². The third-order valence-electron chi connectivity index (χ3n) is 4.41. The van der Waals surface area contributed by atoms with Gasteiger partial charge in [-0.05, 0) is 6.42 Å². The van der Waals surface area contributed by atoms with Crippen LogP contribution in [0.4, 0.5) is 0 Å². The minimum atomic E-state index is -0.0553. The molecule has 142 valence electrons. The molecule has 0 aliphatic carbocycles. The number of hydrogen-bond acceptors (Lipinski definition) is 6. The van der Waals surface area contributed by atoms with Crippen molar-refractivity contribution in [1.82, 2.24) is 9.80 Å². The van der Waals surface area contributed by atoms with Crippen molar-refractivity contribution in [3.63, 3.8) is 0 Å². The molecular formula is C17H33ClN2O4. The molecule has 2 fully saturated rings. The Morgan fingerprint density at radius 1 is 0.958 bits per heavy atom. The lowest BCUT2D eigenvalue weighted by Gasteiger charge is -2.34. The van der Waals surface area contributed by atoms with Gasteiger partial charge in [0.25, 0.3) is 0 Å². The van der Waals surface area contributed by atoms with Crippen LogP contribution in [0, 0.1) is 0 Å². The predicted octanol–water partition coefficient (Wildman–Crippen LogP) is 1.56. The molecule has 24 heavy (non-hydrogen) atoms. The molecule has 2 heterocycles. The van der Waals surface area contributed by atoms with Crippen molar-refractivity contribution in [1.29, 1.82) is 0 Å². The minimum absolute atomic E-state index is 0. The molecule has 0 saturated carbocycles. The summed E-state index contributed by atoms with van der Waals surface area (Å²) in [6.07, 6.45) is 3.62. The van der Waals surface area contributed by atoms with Crippen LogP contribution in [0.5, 0.6) is 0 Å². The first-order chi connectivity index (χ1) is 11.3. The number of ether oxygens (including phenoxy) is 3. The van der Waals surface area contributed by atoms with Crippen molar-refractivity contribution in [2.75, 3.05) is 65.7 Å². The van der Waals surface area contributed by atoms with Gasteiger partial charge in [0.15, 0.2) is 0 Å². The molecular weight excluding hydrogens is 332 g/mol. The second-order valence-electron chi connectivity index (χ2n) is 6.39. The molecule has 0 radical (unpaired) electrons. The van der Waals surface area contributed by atoms with Crippen molar-refractivity contribution >= 4 is 18.4 Å². The zero-order valence-corrected chi connectivity index (χ0v) is 15.7. The molecule has 7 heteroatoms. The average molecular weight is 365 g/mol. The third-order valence-corrected chi connectivity index (χ3v) is 4.41. The van der Waals surface area contributed by atoms with Crippen molar-refractivity contribution < 1.29 is 19.0 Å². The van der Waals surface area contributed by atoms with Gasteiger partial charge in [0.2, 0.25) is 0 Å². The topological polar surface area (TPSA) is 51.2 Å². The van der Waals surface area contributed by atoms with Crippen LogP contribution >= 0.6 is 12.4 Å². The fraction of sp³-hybridized carbons (Fsp3) is 0.941. The lowest BCUT2D eigenvalue weighted by Crippen LogP contribution is -2.48. The summed E-state index contributed by atoms with van der Waals surface area (Å²) in [5.74, 6) is -0.0510. The molecule has 0 bridgehead atoms. The van der Waals surface area contributed by atoms with Gasteiger partial charge >= 0.3 is 5.97 Å². The first-order valence-electron chi connectivity index (χ1n) is 9.07. The van der Waals surface area contributed by atoms with Crippen molar-refractivity contribution in [2.24, 2.45) is 0 Å². The Labute approximate surface area is 152 Å². The standard InChI is InChI=1S/C17H32N2O4.ClH/c1-2-3-4-5-17(20)23-16(14-18-6-10-21-11-7-18)15-19-8-12-22-13-9-19;/h16H,2-15H2,1H3;1H. The lowest BCUT2D eigenvalue weighted by atomic mass is 10.2. The molecule has 2 rings (SSSR count). The van der Waals surface area contributed by atoms with Gasteiger partial charge in [-0.2, -0.15) is 0 Å². The molecule has 0 aromatic rings. The second kappa shape index (κ2) is 12.9. The highest BCUT2D eigenvalue weighted by Gasteiger charge is 2.23. The summed E-state index contributed by atoms with van der Waals surface area (Å²) in [6.45, 7) is 10.5. The number of morpholine rings is 2. The van der Waals surface area contributed by atoms with Crippen LogP contribution in [-0.2, 0) is 19.0 Å². The Bertz CT molecular complexity index is 315. The van der Waals surface area contributed by atoms with Gasteiger partial charge in [0.1, 0.15) is 6.10 Å². The van der Waals surface area contributed by atoms with Crippen LogP contribution in [0.3, 0.4) is 0 Å². The van der Waals surface area contributed by atoms with Crippen LogP contribution in [0.25, 0.3) is 0 Å². The average Bonchev–Trinajstić information content (AvgIpc) is 2.57. The number of carbonyl (C=O) groups is 1. The second-order valence-corrected chi connectivity index (χ2v) is 6.39. The third kappa shape index (κ3) is 8.62. The lowest BCUT2D eigenvalue weighted by molar-refractivity contribution is -0.152. The summed E-state index contributed by atoms with van der Waals surface area (Å²) in [6, 6.07) is 0. The van der Waals surface area contributed by atoms with E-state index in [0.717, 1.165) is 85.0 Å². The van der Waals surface area contributed by atoms with E-state index in [0.29, 0.717) is 6.42 Å². The highest BCUT2D eigenvalue weighted by molar-refractivity contribution is 5.85. The fourth-order valence-corrected chi connectivity index (χ4v) is 3.04. The largest absolute Gasteiger partial charge is 0.460 e. The van der Waals surface area contributed by atoms with Crippen LogP contribution in [0.2, 0.25) is 0 Å². The van der Waals surface area contributed by atoms with E-state index in [9.17, 15) is 4.79 Å². The summed E-state index contributed by atoms with van der Waals surface area (Å²) in [5, 5.41) is 0. The molecule has 0 unspecified atom stereocenters. The SMILES string of the molecule is CCCCCC(=O)OC(CN1CCOCC1)CN1CCOCC1.Cl. The van der Waals surface area contributed by atoms with E-state index in [4.69, 9.17) is 14.2 Å². The predicted molar refractivity (Wildman–Crippen MR) is 95.8 cm³/mol. The van der Waals surface area contributed by atoms with Gasteiger partial charge in [-0.1, -0.05) is 19.8 Å². The highest BCUT2D eigenvalue weighted by atomic mass is 35.5. The Morgan fingerprint density at radius 3 is 1.92 bits per heavy atom. The van der Waals surface area contributed by atoms with E-state index in [1.54, 1.807) is 0 Å². The monoisotopic (exact) mass is 364 g/mol. The van der Waals surface area contributed by atoms with Crippen LogP contribution < -0.4 is 0 Å². The first-order valence-corrected chi connectivity index (χ1v) is 9.07. The van der Waals surface area contributed by atoms with Gasteiger partial charge in [-0.3, -0.25) is 14.6 Å². The number of unbranched alkanes of at least 4 members (excludes halogenated alkanes) is 2. The Hall–Kier alpha value is -0.400.